The second-order valence-corrected chi connectivity index (χ2v) is 6.62. The number of nitrogens with zero attached hydrogens (tertiary/aromatic N) is 2. The van der Waals surface area contributed by atoms with E-state index in [1.54, 1.807) is 0 Å². The van der Waals surface area contributed by atoms with E-state index in [4.69, 9.17) is 5.73 Å². The molecule has 1 saturated heterocycles. The van der Waals surface area contributed by atoms with Gasteiger partial charge in [-0.15, -0.1) is 0 Å². The molecule has 1 aliphatic heterocycles. The summed E-state index contributed by atoms with van der Waals surface area (Å²) in [6, 6.07) is 8.55. The molecule has 1 aromatic heterocycles. The van der Waals surface area contributed by atoms with Crippen molar-refractivity contribution in [2.24, 2.45) is 11.1 Å². The lowest BCUT2D eigenvalue weighted by Gasteiger charge is -2.22. The van der Waals surface area contributed by atoms with E-state index in [-0.39, 0.29) is 5.41 Å². The molecular formula is C17H24N4. The van der Waals surface area contributed by atoms with Crippen molar-refractivity contribution in [1.82, 2.24) is 15.1 Å². The summed E-state index contributed by atoms with van der Waals surface area (Å²) in [4.78, 5) is 2.48. The summed E-state index contributed by atoms with van der Waals surface area (Å²) < 4.78 is 0. The van der Waals surface area contributed by atoms with Crippen molar-refractivity contribution >= 4 is 0 Å². The second kappa shape index (κ2) is 5.62. The Morgan fingerprint density at radius 1 is 1.43 bits per heavy atom. The number of aromatic nitrogens is 2. The van der Waals surface area contributed by atoms with Gasteiger partial charge < -0.3 is 5.73 Å². The topological polar surface area (TPSA) is 57.9 Å². The van der Waals surface area contributed by atoms with Crippen LogP contribution < -0.4 is 5.73 Å². The van der Waals surface area contributed by atoms with E-state index < -0.39 is 0 Å². The van der Waals surface area contributed by atoms with Crippen LogP contribution in [0.2, 0.25) is 0 Å². The van der Waals surface area contributed by atoms with Gasteiger partial charge in [-0.1, -0.05) is 30.7 Å². The maximum Gasteiger partial charge on any atom is 0.0695 e. The van der Waals surface area contributed by atoms with Crippen LogP contribution in [0.3, 0.4) is 0 Å². The Labute approximate surface area is 126 Å². The number of hydrogen-bond acceptors (Lipinski definition) is 3. The molecule has 4 nitrogen and oxygen atoms in total. The quantitative estimate of drug-likeness (QED) is 0.907. The number of aromatic amines is 1. The molecule has 112 valence electrons. The average molecular weight is 284 g/mol. The first-order valence-electron chi connectivity index (χ1n) is 7.61. The third-order valence-electron chi connectivity index (χ3n) is 4.55. The lowest BCUT2D eigenvalue weighted by molar-refractivity contribution is 0.275. The van der Waals surface area contributed by atoms with Gasteiger partial charge in [0.05, 0.1) is 11.9 Å². The zero-order valence-corrected chi connectivity index (χ0v) is 12.9. The SMILES string of the molecule is Cc1cccc(-c2[nH]ncc2CN2CCC(C)(CN)C2)c1. The summed E-state index contributed by atoms with van der Waals surface area (Å²) in [5.74, 6) is 0. The van der Waals surface area contributed by atoms with Crippen molar-refractivity contribution in [3.8, 4) is 11.3 Å². The third kappa shape index (κ3) is 3.01. The maximum absolute atomic E-state index is 5.90. The van der Waals surface area contributed by atoms with E-state index in [2.05, 4.69) is 53.2 Å². The third-order valence-corrected chi connectivity index (χ3v) is 4.55. The predicted molar refractivity (Wildman–Crippen MR) is 85.8 cm³/mol. The Balaban J connectivity index is 1.78. The van der Waals surface area contributed by atoms with Crippen LogP contribution >= 0.6 is 0 Å². The fourth-order valence-electron chi connectivity index (χ4n) is 3.15. The minimum absolute atomic E-state index is 0.271. The molecule has 2 aromatic rings. The van der Waals surface area contributed by atoms with E-state index >= 15 is 0 Å². The van der Waals surface area contributed by atoms with E-state index in [9.17, 15) is 0 Å². The van der Waals surface area contributed by atoms with Crippen molar-refractivity contribution in [2.75, 3.05) is 19.6 Å². The molecule has 1 atom stereocenters. The van der Waals surface area contributed by atoms with Crippen molar-refractivity contribution in [3.05, 3.63) is 41.6 Å². The number of nitrogens with one attached hydrogen (secondary N) is 1. The summed E-state index contributed by atoms with van der Waals surface area (Å²) in [6.45, 7) is 8.29. The molecule has 0 aliphatic carbocycles. The van der Waals surface area contributed by atoms with Gasteiger partial charge in [0.25, 0.3) is 0 Å². The predicted octanol–water partition coefficient (Wildman–Crippen LogP) is 2.56. The number of H-pyrrole nitrogens is 1. The first kappa shape index (κ1) is 14.3. The van der Waals surface area contributed by atoms with E-state index in [1.165, 1.54) is 23.1 Å². The average Bonchev–Trinajstić information content (AvgIpc) is 3.07. The number of hydrogen-bond donors (Lipinski definition) is 2. The molecule has 21 heavy (non-hydrogen) atoms. The molecule has 1 fully saturated rings. The molecular weight excluding hydrogens is 260 g/mol. The fraction of sp³-hybridized carbons (Fsp3) is 0.471. The van der Waals surface area contributed by atoms with Gasteiger partial charge in [0, 0.05) is 24.2 Å². The summed E-state index contributed by atoms with van der Waals surface area (Å²) in [5.41, 5.74) is 11.1. The van der Waals surface area contributed by atoms with Crippen molar-refractivity contribution < 1.29 is 0 Å². The number of aryl methyl sites for hydroxylation is 1. The summed E-state index contributed by atoms with van der Waals surface area (Å²) >= 11 is 0. The second-order valence-electron chi connectivity index (χ2n) is 6.62. The van der Waals surface area contributed by atoms with Crippen molar-refractivity contribution in [3.63, 3.8) is 0 Å². The minimum Gasteiger partial charge on any atom is -0.330 e. The van der Waals surface area contributed by atoms with Gasteiger partial charge in [-0.05, 0) is 37.9 Å². The highest BCUT2D eigenvalue weighted by Gasteiger charge is 2.32. The minimum atomic E-state index is 0.271. The molecule has 1 aliphatic rings. The zero-order valence-electron chi connectivity index (χ0n) is 12.9. The van der Waals surface area contributed by atoms with Crippen LogP contribution in [0.5, 0.6) is 0 Å². The number of likely N-dealkylation sites (tertiary alicyclic amines) is 1. The molecule has 2 heterocycles. The molecule has 0 amide bonds. The molecule has 0 radical (unpaired) electrons. The number of benzene rings is 1. The van der Waals surface area contributed by atoms with Crippen LogP contribution in [0.4, 0.5) is 0 Å². The van der Waals surface area contributed by atoms with Gasteiger partial charge >= 0.3 is 0 Å². The Morgan fingerprint density at radius 2 is 2.29 bits per heavy atom. The zero-order chi connectivity index (χ0) is 14.9. The molecule has 3 rings (SSSR count). The lowest BCUT2D eigenvalue weighted by Crippen LogP contribution is -2.31. The smallest absolute Gasteiger partial charge is 0.0695 e. The van der Waals surface area contributed by atoms with Gasteiger partial charge in [-0.2, -0.15) is 5.10 Å². The summed E-state index contributed by atoms with van der Waals surface area (Å²) in [6.07, 6.45) is 3.14. The Morgan fingerprint density at radius 3 is 3.00 bits per heavy atom. The molecule has 1 unspecified atom stereocenters. The van der Waals surface area contributed by atoms with E-state index in [0.29, 0.717) is 0 Å². The monoisotopic (exact) mass is 284 g/mol. The molecule has 1 aromatic carbocycles. The normalized spacial score (nSPS) is 22.8. The van der Waals surface area contributed by atoms with Crippen LogP contribution in [0, 0.1) is 12.3 Å². The Hall–Kier alpha value is -1.65. The molecule has 4 heteroatoms. The number of nitrogens with two attached hydrogens (primary N) is 1. The Kier molecular flexibility index (Phi) is 3.83. The van der Waals surface area contributed by atoms with Crippen molar-refractivity contribution in [1.29, 1.82) is 0 Å². The van der Waals surface area contributed by atoms with E-state index in [1.807, 2.05) is 6.20 Å². The highest BCUT2D eigenvalue weighted by Crippen LogP contribution is 2.31. The highest BCUT2D eigenvalue weighted by molar-refractivity contribution is 5.63. The van der Waals surface area contributed by atoms with Gasteiger partial charge in [0.2, 0.25) is 0 Å². The maximum atomic E-state index is 5.90. The van der Waals surface area contributed by atoms with Gasteiger partial charge in [0.1, 0.15) is 0 Å². The van der Waals surface area contributed by atoms with Crippen LogP contribution in [-0.2, 0) is 6.54 Å². The Bertz CT molecular complexity index is 619. The van der Waals surface area contributed by atoms with Crippen molar-refractivity contribution in [2.45, 2.75) is 26.8 Å². The number of rotatable bonds is 4. The van der Waals surface area contributed by atoms with Gasteiger partial charge in [0.15, 0.2) is 0 Å². The lowest BCUT2D eigenvalue weighted by atomic mass is 9.90. The van der Waals surface area contributed by atoms with Crippen LogP contribution in [0.25, 0.3) is 11.3 Å². The summed E-state index contributed by atoms with van der Waals surface area (Å²) in [7, 11) is 0. The van der Waals surface area contributed by atoms with Gasteiger partial charge in [-0.3, -0.25) is 10.00 Å². The van der Waals surface area contributed by atoms with E-state index in [0.717, 1.165) is 31.9 Å². The van der Waals surface area contributed by atoms with Crippen LogP contribution in [0.1, 0.15) is 24.5 Å². The summed E-state index contributed by atoms with van der Waals surface area (Å²) in [5, 5.41) is 7.41. The van der Waals surface area contributed by atoms with Gasteiger partial charge in [-0.25, -0.2) is 0 Å². The largest absolute Gasteiger partial charge is 0.330 e. The molecule has 0 bridgehead atoms. The molecule has 3 N–H and O–H groups in total. The highest BCUT2D eigenvalue weighted by atomic mass is 15.2. The standard InChI is InChI=1S/C17H24N4/c1-13-4-3-5-14(8-13)16-15(9-19-20-16)10-21-7-6-17(2,11-18)12-21/h3-5,8-9H,6-7,10-12,18H2,1-2H3,(H,19,20). The van der Waals surface area contributed by atoms with Crippen LogP contribution in [0.15, 0.2) is 30.5 Å². The first-order chi connectivity index (χ1) is 10.1. The molecule has 0 saturated carbocycles. The fourth-order valence-corrected chi connectivity index (χ4v) is 3.15. The molecule has 0 spiro atoms. The van der Waals surface area contributed by atoms with Crippen LogP contribution in [-0.4, -0.2) is 34.7 Å². The first-order valence-corrected chi connectivity index (χ1v) is 7.61.